The van der Waals surface area contributed by atoms with Crippen molar-refractivity contribution in [3.8, 4) is 0 Å². The number of urea groups is 1. The van der Waals surface area contributed by atoms with Gasteiger partial charge in [-0.25, -0.2) is 13.2 Å². The van der Waals surface area contributed by atoms with E-state index in [1.54, 1.807) is 6.07 Å². The van der Waals surface area contributed by atoms with Crippen LogP contribution in [0.25, 0.3) is 0 Å². The highest BCUT2D eigenvalue weighted by atomic mass is 32.2. The maximum absolute atomic E-state index is 11.7. The molecule has 1 aromatic carbocycles. The maximum atomic E-state index is 11.7. The summed E-state index contributed by atoms with van der Waals surface area (Å²) in [5.41, 5.74) is 1.40. The van der Waals surface area contributed by atoms with E-state index in [1.807, 2.05) is 18.2 Å². The topological polar surface area (TPSA) is 87.3 Å². The molecular weight excluding hydrogens is 254 g/mol. The number of anilines is 2. The van der Waals surface area contributed by atoms with Gasteiger partial charge in [0.05, 0.1) is 35.0 Å². The highest BCUT2D eigenvalue weighted by Gasteiger charge is 2.39. The van der Waals surface area contributed by atoms with Gasteiger partial charge >= 0.3 is 6.03 Å². The van der Waals surface area contributed by atoms with E-state index in [2.05, 4.69) is 16.0 Å². The van der Waals surface area contributed by atoms with Crippen molar-refractivity contribution in [3.05, 3.63) is 24.3 Å². The second-order valence-electron chi connectivity index (χ2n) is 4.58. The fourth-order valence-electron chi connectivity index (χ4n) is 2.38. The zero-order chi connectivity index (χ0) is 12.8. The molecule has 0 aliphatic carbocycles. The van der Waals surface area contributed by atoms with Crippen LogP contribution < -0.4 is 16.0 Å². The number of benzene rings is 1. The summed E-state index contributed by atoms with van der Waals surface area (Å²) in [5, 5.41) is 8.56. The van der Waals surface area contributed by atoms with Gasteiger partial charge in [0.15, 0.2) is 9.84 Å². The van der Waals surface area contributed by atoms with E-state index in [-0.39, 0.29) is 29.6 Å². The highest BCUT2D eigenvalue weighted by molar-refractivity contribution is 7.91. The van der Waals surface area contributed by atoms with Gasteiger partial charge in [-0.05, 0) is 12.1 Å². The van der Waals surface area contributed by atoms with Crippen LogP contribution in [0.5, 0.6) is 0 Å². The molecule has 96 valence electrons. The molecular formula is C11H13N3O3S. The largest absolute Gasteiger partial charge is 0.377 e. The second-order valence-corrected chi connectivity index (χ2v) is 6.73. The first-order valence-electron chi connectivity index (χ1n) is 5.67. The number of fused-ring (bicyclic) bond motifs is 2. The lowest BCUT2D eigenvalue weighted by molar-refractivity contribution is 0.248. The Bertz CT molecular complexity index is 599. The lowest BCUT2D eigenvalue weighted by atomic mass is 10.1. The molecule has 0 aromatic heterocycles. The summed E-state index contributed by atoms with van der Waals surface area (Å²) in [6.07, 6.45) is 0. The number of carbonyl (C=O) groups excluding carboxylic acids is 1. The minimum atomic E-state index is -3.09. The van der Waals surface area contributed by atoms with Crippen molar-refractivity contribution in [1.29, 1.82) is 0 Å². The predicted molar refractivity (Wildman–Crippen MR) is 68.4 cm³/mol. The lowest BCUT2D eigenvalue weighted by Gasteiger charge is -2.26. The van der Waals surface area contributed by atoms with Crippen molar-refractivity contribution in [2.24, 2.45) is 0 Å². The normalized spacial score (nSPS) is 28.8. The Morgan fingerprint density at radius 2 is 1.61 bits per heavy atom. The molecule has 6 nitrogen and oxygen atoms in total. The minimum absolute atomic E-state index is 0.0136. The van der Waals surface area contributed by atoms with Crippen LogP contribution in [0.4, 0.5) is 16.2 Å². The standard InChI is InChI=1S/C11H13N3O3S/c15-11-13-8-4-2-1-3-7(8)12-9-5-18(16,17)6-10(9)14-11/h1-4,9-10,12H,5-6H2,(H2,13,14,15)/t9-,10+/m0/s1. The highest BCUT2D eigenvalue weighted by Crippen LogP contribution is 2.26. The fourth-order valence-corrected chi connectivity index (χ4v) is 4.24. The molecule has 0 spiro atoms. The van der Waals surface area contributed by atoms with Crippen molar-refractivity contribution in [2.75, 3.05) is 22.1 Å². The number of amides is 2. The van der Waals surface area contributed by atoms with Crippen LogP contribution in [0.2, 0.25) is 0 Å². The number of para-hydroxylation sites is 2. The monoisotopic (exact) mass is 267 g/mol. The molecule has 0 unspecified atom stereocenters. The zero-order valence-electron chi connectivity index (χ0n) is 9.51. The van der Waals surface area contributed by atoms with E-state index in [0.717, 1.165) is 5.69 Å². The number of nitrogens with one attached hydrogen (secondary N) is 3. The lowest BCUT2D eigenvalue weighted by Crippen LogP contribution is -2.49. The Balaban J connectivity index is 1.99. The van der Waals surface area contributed by atoms with Crippen molar-refractivity contribution in [3.63, 3.8) is 0 Å². The summed E-state index contributed by atoms with van der Waals surface area (Å²) in [6.45, 7) is 0. The molecule has 2 heterocycles. The van der Waals surface area contributed by atoms with E-state index >= 15 is 0 Å². The summed E-state index contributed by atoms with van der Waals surface area (Å²) in [4.78, 5) is 11.7. The Hall–Kier alpha value is -1.76. The zero-order valence-corrected chi connectivity index (χ0v) is 10.3. The Morgan fingerprint density at radius 1 is 1.00 bits per heavy atom. The number of hydrogen-bond acceptors (Lipinski definition) is 4. The molecule has 18 heavy (non-hydrogen) atoms. The van der Waals surface area contributed by atoms with Gasteiger partial charge in [0.2, 0.25) is 0 Å². The first kappa shape index (κ1) is 11.3. The third-order valence-corrected chi connectivity index (χ3v) is 4.92. The molecule has 1 aromatic rings. The van der Waals surface area contributed by atoms with Crippen molar-refractivity contribution in [2.45, 2.75) is 12.1 Å². The van der Waals surface area contributed by atoms with Crippen LogP contribution in [0.1, 0.15) is 0 Å². The molecule has 0 radical (unpaired) electrons. The summed E-state index contributed by atoms with van der Waals surface area (Å²) >= 11 is 0. The predicted octanol–water partition coefficient (Wildman–Crippen LogP) is 0.399. The molecule has 2 atom stereocenters. The SMILES string of the molecule is O=C1Nc2ccccc2N[C@H]2CS(=O)(=O)C[C@H]2N1. The van der Waals surface area contributed by atoms with E-state index in [4.69, 9.17) is 0 Å². The molecule has 3 N–H and O–H groups in total. The van der Waals surface area contributed by atoms with Crippen LogP contribution in [-0.2, 0) is 9.84 Å². The van der Waals surface area contributed by atoms with E-state index in [1.165, 1.54) is 0 Å². The van der Waals surface area contributed by atoms with Crippen molar-refractivity contribution in [1.82, 2.24) is 5.32 Å². The molecule has 1 saturated heterocycles. The van der Waals surface area contributed by atoms with Crippen LogP contribution in [0.15, 0.2) is 24.3 Å². The minimum Gasteiger partial charge on any atom is -0.377 e. The van der Waals surface area contributed by atoms with Gasteiger partial charge in [-0.1, -0.05) is 12.1 Å². The summed E-state index contributed by atoms with van der Waals surface area (Å²) < 4.78 is 23.3. The van der Waals surface area contributed by atoms with Crippen LogP contribution in [-0.4, -0.2) is 38.0 Å². The van der Waals surface area contributed by atoms with Gasteiger partial charge in [0.25, 0.3) is 0 Å². The van der Waals surface area contributed by atoms with E-state index in [9.17, 15) is 13.2 Å². The van der Waals surface area contributed by atoms with Gasteiger partial charge in [0.1, 0.15) is 0 Å². The summed E-state index contributed by atoms with van der Waals surface area (Å²) in [6, 6.07) is 6.22. The molecule has 3 rings (SSSR count). The number of carbonyl (C=O) groups is 1. The third kappa shape index (κ3) is 2.01. The summed E-state index contributed by atoms with van der Waals surface area (Å²) in [5.74, 6) is 0.0343. The average molecular weight is 267 g/mol. The second kappa shape index (κ2) is 3.88. The number of rotatable bonds is 0. The van der Waals surface area contributed by atoms with Gasteiger partial charge in [-0.3, -0.25) is 0 Å². The Kier molecular flexibility index (Phi) is 2.44. The van der Waals surface area contributed by atoms with Crippen LogP contribution in [0, 0.1) is 0 Å². The Labute approximate surface area is 105 Å². The smallest absolute Gasteiger partial charge is 0.319 e. The molecule has 7 heteroatoms. The van der Waals surface area contributed by atoms with Gasteiger partial charge in [-0.2, -0.15) is 0 Å². The summed E-state index contributed by atoms with van der Waals surface area (Å²) in [7, 11) is -3.09. The molecule has 0 saturated carbocycles. The first-order valence-corrected chi connectivity index (χ1v) is 7.49. The molecule has 2 amide bonds. The average Bonchev–Trinajstić information content (AvgIpc) is 2.53. The molecule has 1 fully saturated rings. The van der Waals surface area contributed by atoms with Crippen molar-refractivity contribution >= 4 is 27.2 Å². The van der Waals surface area contributed by atoms with E-state index in [0.29, 0.717) is 5.69 Å². The van der Waals surface area contributed by atoms with Crippen molar-refractivity contribution < 1.29 is 13.2 Å². The number of sulfone groups is 1. The quantitative estimate of drug-likeness (QED) is 0.635. The molecule has 2 aliphatic heterocycles. The van der Waals surface area contributed by atoms with Gasteiger partial charge in [0, 0.05) is 0 Å². The van der Waals surface area contributed by atoms with Crippen LogP contribution >= 0.6 is 0 Å². The van der Waals surface area contributed by atoms with E-state index < -0.39 is 9.84 Å². The first-order chi connectivity index (χ1) is 8.53. The fraction of sp³-hybridized carbons (Fsp3) is 0.364. The Morgan fingerprint density at radius 3 is 2.33 bits per heavy atom. The van der Waals surface area contributed by atoms with Gasteiger partial charge in [-0.15, -0.1) is 0 Å². The molecule has 0 bridgehead atoms. The van der Waals surface area contributed by atoms with Gasteiger partial charge < -0.3 is 16.0 Å². The molecule has 2 aliphatic rings. The third-order valence-electron chi connectivity index (χ3n) is 3.19. The van der Waals surface area contributed by atoms with Crippen LogP contribution in [0.3, 0.4) is 0 Å². The maximum Gasteiger partial charge on any atom is 0.319 e. The number of hydrogen-bond donors (Lipinski definition) is 3.